The van der Waals surface area contributed by atoms with Crippen molar-refractivity contribution in [2.75, 3.05) is 13.1 Å². The van der Waals surface area contributed by atoms with Crippen LogP contribution in [-0.2, 0) is 5.41 Å². The maximum absolute atomic E-state index is 14.6. The van der Waals surface area contributed by atoms with E-state index in [4.69, 9.17) is 0 Å². The van der Waals surface area contributed by atoms with E-state index in [0.717, 1.165) is 41.0 Å². The number of amides is 4. The van der Waals surface area contributed by atoms with E-state index in [1.165, 1.54) is 24.3 Å². The lowest BCUT2D eigenvalue weighted by Gasteiger charge is -2.33. The predicted molar refractivity (Wildman–Crippen MR) is 117 cm³/mol. The van der Waals surface area contributed by atoms with E-state index in [-0.39, 0.29) is 46.5 Å². The molecule has 2 aromatic rings. The minimum absolute atomic E-state index is 0.00918. The molecular formula is C25H19F3N2O4. The fraction of sp³-hybridized carbons (Fsp3) is 0.200. The zero-order valence-corrected chi connectivity index (χ0v) is 18.1. The summed E-state index contributed by atoms with van der Waals surface area (Å²) >= 11 is 0. The molecule has 34 heavy (non-hydrogen) atoms. The normalized spacial score (nSPS) is 15.6. The van der Waals surface area contributed by atoms with Crippen LogP contribution in [0.4, 0.5) is 13.2 Å². The Labute approximate surface area is 193 Å². The molecule has 0 saturated carbocycles. The van der Waals surface area contributed by atoms with Gasteiger partial charge in [-0.15, -0.1) is 13.2 Å². The molecule has 6 nitrogen and oxygen atoms in total. The lowest BCUT2D eigenvalue weighted by Crippen LogP contribution is -2.41. The molecule has 0 atom stereocenters. The first-order chi connectivity index (χ1) is 16.0. The van der Waals surface area contributed by atoms with Crippen LogP contribution in [-0.4, -0.2) is 52.7 Å². The first-order valence-electron chi connectivity index (χ1n) is 10.3. The van der Waals surface area contributed by atoms with Crippen LogP contribution in [0.3, 0.4) is 0 Å². The van der Waals surface area contributed by atoms with Gasteiger partial charge in [0.1, 0.15) is 5.41 Å². The van der Waals surface area contributed by atoms with Gasteiger partial charge in [0, 0.05) is 13.1 Å². The number of hydrogen-bond donors (Lipinski definition) is 0. The number of benzene rings is 2. The van der Waals surface area contributed by atoms with Crippen LogP contribution in [0, 0.1) is 0 Å². The van der Waals surface area contributed by atoms with Crippen LogP contribution < -0.4 is 0 Å². The molecule has 0 saturated heterocycles. The molecular weight excluding hydrogens is 449 g/mol. The summed E-state index contributed by atoms with van der Waals surface area (Å²) in [5, 5.41) is 0. The third-order valence-electron chi connectivity index (χ3n) is 6.29. The molecule has 0 spiro atoms. The molecule has 174 valence electrons. The van der Waals surface area contributed by atoms with Crippen LogP contribution in [0.1, 0.15) is 59.5 Å². The van der Waals surface area contributed by atoms with Crippen LogP contribution >= 0.6 is 0 Å². The number of carbonyl (C=O) groups is 4. The summed E-state index contributed by atoms with van der Waals surface area (Å²) in [5.41, 5.74) is -3.44. The highest BCUT2D eigenvalue weighted by molar-refractivity contribution is 6.22. The van der Waals surface area contributed by atoms with Crippen molar-refractivity contribution < 1.29 is 32.3 Å². The number of fused-ring (bicyclic) bond motifs is 2. The van der Waals surface area contributed by atoms with Crippen LogP contribution in [0.5, 0.6) is 0 Å². The van der Waals surface area contributed by atoms with Crippen molar-refractivity contribution in [1.82, 2.24) is 9.80 Å². The number of halogens is 3. The van der Waals surface area contributed by atoms with E-state index in [1.807, 2.05) is 0 Å². The van der Waals surface area contributed by atoms with Gasteiger partial charge in [0.05, 0.1) is 22.3 Å². The molecule has 0 aromatic heterocycles. The fourth-order valence-corrected chi connectivity index (χ4v) is 4.29. The summed E-state index contributed by atoms with van der Waals surface area (Å²) in [6, 6.07) is 6.84. The van der Waals surface area contributed by atoms with Crippen LogP contribution in [0.15, 0.2) is 61.7 Å². The van der Waals surface area contributed by atoms with Gasteiger partial charge in [0.2, 0.25) is 0 Å². The van der Waals surface area contributed by atoms with E-state index in [0.29, 0.717) is 0 Å². The monoisotopic (exact) mass is 468 g/mol. The minimum Gasteiger partial charge on any atom is -0.270 e. The summed E-state index contributed by atoms with van der Waals surface area (Å²) in [6.07, 6.45) is -2.14. The molecule has 2 aromatic carbocycles. The summed E-state index contributed by atoms with van der Waals surface area (Å²) < 4.78 is 43.7. The molecule has 0 radical (unpaired) electrons. The van der Waals surface area contributed by atoms with Crippen molar-refractivity contribution in [1.29, 1.82) is 0 Å². The van der Waals surface area contributed by atoms with Gasteiger partial charge < -0.3 is 0 Å². The molecule has 9 heteroatoms. The number of imide groups is 2. The number of nitrogens with zero attached hydrogens (tertiary/aromatic N) is 2. The molecule has 0 N–H and O–H groups in total. The SMILES string of the molecule is C=CCN1C(=O)c2ccc(C(C)(c3ccc4c(c3)C(=O)N(CC=C)C4=O)C(F)(F)F)cc2C1=O. The zero-order valence-electron chi connectivity index (χ0n) is 18.1. The summed E-state index contributed by atoms with van der Waals surface area (Å²) in [4.78, 5) is 52.1. The number of alkyl halides is 3. The first-order valence-corrected chi connectivity index (χ1v) is 10.3. The van der Waals surface area contributed by atoms with E-state index in [1.54, 1.807) is 0 Å². The summed E-state index contributed by atoms with van der Waals surface area (Å²) in [7, 11) is 0. The summed E-state index contributed by atoms with van der Waals surface area (Å²) in [6.45, 7) is 7.77. The van der Waals surface area contributed by atoms with Crippen LogP contribution in [0.2, 0.25) is 0 Å². The average molecular weight is 468 g/mol. The van der Waals surface area contributed by atoms with Gasteiger partial charge in [-0.25, -0.2) is 0 Å². The number of carbonyl (C=O) groups excluding carboxylic acids is 4. The first kappa shape index (κ1) is 23.2. The van der Waals surface area contributed by atoms with E-state index >= 15 is 0 Å². The topological polar surface area (TPSA) is 74.8 Å². The lowest BCUT2D eigenvalue weighted by atomic mass is 9.74. The maximum Gasteiger partial charge on any atom is 0.402 e. The highest BCUT2D eigenvalue weighted by atomic mass is 19.4. The smallest absolute Gasteiger partial charge is 0.270 e. The molecule has 0 bridgehead atoms. The molecule has 0 aliphatic carbocycles. The Morgan fingerprint density at radius 3 is 1.38 bits per heavy atom. The average Bonchev–Trinajstić information content (AvgIpc) is 3.18. The Kier molecular flexibility index (Phi) is 5.31. The highest BCUT2D eigenvalue weighted by Gasteiger charge is 2.54. The second kappa shape index (κ2) is 7.79. The van der Waals surface area contributed by atoms with Gasteiger partial charge in [0.25, 0.3) is 23.6 Å². The second-order valence-electron chi connectivity index (χ2n) is 8.16. The maximum atomic E-state index is 14.6. The third-order valence-corrected chi connectivity index (χ3v) is 6.29. The highest BCUT2D eigenvalue weighted by Crippen LogP contribution is 2.47. The van der Waals surface area contributed by atoms with Gasteiger partial charge in [-0.05, 0) is 42.3 Å². The van der Waals surface area contributed by atoms with Gasteiger partial charge >= 0.3 is 6.18 Å². The van der Waals surface area contributed by atoms with E-state index in [9.17, 15) is 32.3 Å². The molecule has 4 rings (SSSR count). The standard InChI is InChI=1S/C25H19F3N2O4/c1-4-10-29-20(31)16-8-6-14(12-18(16)22(29)33)24(3,25(26,27)28)15-7-9-17-19(13-15)23(34)30(11-5-2)21(17)32/h4-9,12-13H,1-2,10-11H2,3H3. The Bertz CT molecular complexity index is 1210. The van der Waals surface area contributed by atoms with Gasteiger partial charge in [0.15, 0.2) is 0 Å². The molecule has 2 heterocycles. The number of hydrogen-bond acceptors (Lipinski definition) is 4. The van der Waals surface area contributed by atoms with Crippen molar-refractivity contribution in [2.45, 2.75) is 18.5 Å². The second-order valence-corrected chi connectivity index (χ2v) is 8.16. The molecule has 0 unspecified atom stereocenters. The van der Waals surface area contributed by atoms with Crippen molar-refractivity contribution >= 4 is 23.6 Å². The van der Waals surface area contributed by atoms with Gasteiger partial charge in [-0.3, -0.25) is 29.0 Å². The summed E-state index contributed by atoms with van der Waals surface area (Å²) in [5.74, 6) is -2.63. The Morgan fingerprint density at radius 2 is 1.06 bits per heavy atom. The predicted octanol–water partition coefficient (Wildman–Crippen LogP) is 4.12. The zero-order chi connectivity index (χ0) is 25.0. The quantitative estimate of drug-likeness (QED) is 0.472. The van der Waals surface area contributed by atoms with Crippen molar-refractivity contribution in [3.05, 3.63) is 95.1 Å². The van der Waals surface area contributed by atoms with E-state index < -0.39 is 35.2 Å². The molecule has 2 aliphatic heterocycles. The van der Waals surface area contributed by atoms with Crippen molar-refractivity contribution in [2.24, 2.45) is 0 Å². The Morgan fingerprint density at radius 1 is 0.706 bits per heavy atom. The number of rotatable bonds is 6. The lowest BCUT2D eigenvalue weighted by molar-refractivity contribution is -0.173. The van der Waals surface area contributed by atoms with E-state index in [2.05, 4.69) is 13.2 Å². The van der Waals surface area contributed by atoms with Gasteiger partial charge in [-0.1, -0.05) is 24.3 Å². The Balaban J connectivity index is 1.86. The van der Waals surface area contributed by atoms with Crippen molar-refractivity contribution in [3.63, 3.8) is 0 Å². The van der Waals surface area contributed by atoms with Crippen LogP contribution in [0.25, 0.3) is 0 Å². The molecule has 4 amide bonds. The fourth-order valence-electron chi connectivity index (χ4n) is 4.29. The molecule has 0 fully saturated rings. The van der Waals surface area contributed by atoms with Gasteiger partial charge in [-0.2, -0.15) is 13.2 Å². The molecule has 2 aliphatic rings. The third kappa shape index (κ3) is 3.11. The Hall–Kier alpha value is -4.01. The minimum atomic E-state index is -4.84. The largest absolute Gasteiger partial charge is 0.402 e. The van der Waals surface area contributed by atoms with Crippen molar-refractivity contribution in [3.8, 4) is 0 Å².